The summed E-state index contributed by atoms with van der Waals surface area (Å²) in [6.07, 6.45) is 2.99. The minimum absolute atomic E-state index is 0.0450. The van der Waals surface area contributed by atoms with Gasteiger partial charge in [-0.1, -0.05) is 6.07 Å². The molecule has 1 aromatic heterocycles. The van der Waals surface area contributed by atoms with Crippen molar-refractivity contribution in [3.63, 3.8) is 0 Å². The molecular formula is C15H10F2N2O2. The number of ether oxygens (including phenoxy) is 1. The number of pyridine rings is 1. The van der Waals surface area contributed by atoms with Crippen LogP contribution in [0.4, 0.5) is 8.78 Å². The number of rotatable bonds is 5. The maximum atomic E-state index is 12.3. The third-order valence-corrected chi connectivity index (χ3v) is 2.77. The van der Waals surface area contributed by atoms with E-state index >= 15 is 0 Å². The number of ketones is 1. The minimum atomic E-state index is -2.92. The Morgan fingerprint density at radius 2 is 1.95 bits per heavy atom. The van der Waals surface area contributed by atoms with E-state index in [4.69, 9.17) is 5.26 Å². The molecule has 0 saturated carbocycles. The minimum Gasteiger partial charge on any atom is -0.435 e. The first-order valence-corrected chi connectivity index (χ1v) is 6.00. The van der Waals surface area contributed by atoms with E-state index in [1.165, 1.54) is 30.5 Å². The van der Waals surface area contributed by atoms with Crippen molar-refractivity contribution in [1.82, 2.24) is 4.98 Å². The third-order valence-electron chi connectivity index (χ3n) is 2.77. The summed E-state index contributed by atoms with van der Waals surface area (Å²) in [6.45, 7) is -2.92. The Balaban J connectivity index is 2.21. The lowest BCUT2D eigenvalue weighted by molar-refractivity contribution is -0.0498. The van der Waals surface area contributed by atoms with Crippen LogP contribution in [0.25, 0.3) is 0 Å². The Morgan fingerprint density at radius 3 is 2.48 bits per heavy atom. The van der Waals surface area contributed by atoms with Crippen molar-refractivity contribution >= 4 is 5.78 Å². The van der Waals surface area contributed by atoms with Crippen LogP contribution in [0.5, 0.6) is 5.75 Å². The van der Waals surface area contributed by atoms with E-state index in [0.29, 0.717) is 5.56 Å². The molecule has 0 aliphatic heterocycles. The summed E-state index contributed by atoms with van der Waals surface area (Å²) < 4.78 is 28.3. The number of benzene rings is 1. The fraction of sp³-hybridized carbons (Fsp3) is 0.133. The zero-order valence-corrected chi connectivity index (χ0v) is 10.7. The van der Waals surface area contributed by atoms with E-state index < -0.39 is 18.3 Å². The van der Waals surface area contributed by atoms with Crippen LogP contribution >= 0.6 is 0 Å². The second kappa shape index (κ2) is 6.57. The molecule has 0 amide bonds. The average Bonchev–Trinajstić information content (AvgIpc) is 2.49. The van der Waals surface area contributed by atoms with E-state index in [-0.39, 0.29) is 11.3 Å². The number of Topliss-reactive ketones (excluding diaryl/α,β-unsaturated/α-hetero) is 1. The van der Waals surface area contributed by atoms with E-state index in [2.05, 4.69) is 9.72 Å². The largest absolute Gasteiger partial charge is 0.435 e. The molecule has 6 heteroatoms. The van der Waals surface area contributed by atoms with E-state index in [0.717, 1.165) is 0 Å². The summed E-state index contributed by atoms with van der Waals surface area (Å²) >= 11 is 0. The zero-order chi connectivity index (χ0) is 15.2. The summed E-state index contributed by atoms with van der Waals surface area (Å²) in [6, 6.07) is 10.4. The van der Waals surface area contributed by atoms with Crippen molar-refractivity contribution in [2.45, 2.75) is 12.5 Å². The fourth-order valence-electron chi connectivity index (χ4n) is 1.80. The smallest absolute Gasteiger partial charge is 0.387 e. The topological polar surface area (TPSA) is 63.0 Å². The maximum absolute atomic E-state index is 12.3. The second-order valence-corrected chi connectivity index (χ2v) is 4.12. The number of hydrogen-bond acceptors (Lipinski definition) is 4. The van der Waals surface area contributed by atoms with Crippen molar-refractivity contribution in [1.29, 1.82) is 5.26 Å². The summed E-state index contributed by atoms with van der Waals surface area (Å²) in [7, 11) is 0. The maximum Gasteiger partial charge on any atom is 0.387 e. The molecular weight excluding hydrogens is 278 g/mol. The highest BCUT2D eigenvalue weighted by atomic mass is 19.3. The molecule has 0 bridgehead atoms. The second-order valence-electron chi connectivity index (χ2n) is 4.12. The van der Waals surface area contributed by atoms with E-state index in [1.807, 2.05) is 6.07 Å². The van der Waals surface area contributed by atoms with Gasteiger partial charge in [0.05, 0.1) is 6.07 Å². The van der Waals surface area contributed by atoms with Gasteiger partial charge in [0.1, 0.15) is 11.7 Å². The standard InChI is InChI=1S/C15H10F2N2O2/c16-15(17)21-12-5-3-10(4-6-12)14(20)13(8-18)11-2-1-7-19-9-11/h1-7,9,13,15H. The van der Waals surface area contributed by atoms with Crippen LogP contribution in [0.2, 0.25) is 0 Å². The molecule has 0 aliphatic rings. The molecule has 0 spiro atoms. The van der Waals surface area contributed by atoms with Gasteiger partial charge in [0, 0.05) is 18.0 Å². The number of carbonyl (C=O) groups excluding carboxylic acids is 1. The number of aromatic nitrogens is 1. The third kappa shape index (κ3) is 3.60. The normalized spacial score (nSPS) is 11.7. The lowest BCUT2D eigenvalue weighted by atomic mass is 9.93. The number of carbonyl (C=O) groups is 1. The van der Waals surface area contributed by atoms with Crippen molar-refractivity contribution in [2.75, 3.05) is 0 Å². The van der Waals surface area contributed by atoms with Crippen molar-refractivity contribution < 1.29 is 18.3 Å². The van der Waals surface area contributed by atoms with Crippen LogP contribution in [0, 0.1) is 11.3 Å². The SMILES string of the molecule is N#CC(C(=O)c1ccc(OC(F)F)cc1)c1cccnc1. The molecule has 1 atom stereocenters. The van der Waals surface area contributed by atoms with Crippen LogP contribution in [-0.2, 0) is 0 Å². The number of halogens is 2. The van der Waals surface area contributed by atoms with Gasteiger partial charge in [-0.3, -0.25) is 9.78 Å². The highest BCUT2D eigenvalue weighted by molar-refractivity contribution is 6.02. The predicted molar refractivity (Wildman–Crippen MR) is 70.0 cm³/mol. The molecule has 4 nitrogen and oxygen atoms in total. The fourth-order valence-corrected chi connectivity index (χ4v) is 1.80. The van der Waals surface area contributed by atoms with Gasteiger partial charge in [-0.05, 0) is 35.9 Å². The Kier molecular flexibility index (Phi) is 4.57. The highest BCUT2D eigenvalue weighted by Crippen LogP contribution is 2.22. The number of nitrogens with zero attached hydrogens (tertiary/aromatic N) is 2. The van der Waals surface area contributed by atoms with Gasteiger partial charge in [-0.15, -0.1) is 0 Å². The molecule has 1 unspecified atom stereocenters. The van der Waals surface area contributed by atoms with Gasteiger partial charge in [0.25, 0.3) is 0 Å². The lowest BCUT2D eigenvalue weighted by Gasteiger charge is -2.09. The Labute approximate surface area is 119 Å². The molecule has 2 aromatic rings. The van der Waals surface area contributed by atoms with Crippen LogP contribution in [0.3, 0.4) is 0 Å². The quantitative estimate of drug-likeness (QED) is 0.793. The van der Waals surface area contributed by atoms with E-state index in [1.54, 1.807) is 18.3 Å². The summed E-state index contributed by atoms with van der Waals surface area (Å²) in [4.78, 5) is 16.1. The van der Waals surface area contributed by atoms with Crippen LogP contribution in [-0.4, -0.2) is 17.4 Å². The van der Waals surface area contributed by atoms with Gasteiger partial charge in [-0.2, -0.15) is 14.0 Å². The Hall–Kier alpha value is -2.81. The molecule has 106 valence electrons. The van der Waals surface area contributed by atoms with Gasteiger partial charge in [-0.25, -0.2) is 0 Å². The van der Waals surface area contributed by atoms with Crippen LogP contribution in [0.1, 0.15) is 21.8 Å². The molecule has 0 aliphatic carbocycles. The van der Waals surface area contributed by atoms with Gasteiger partial charge >= 0.3 is 6.61 Å². The van der Waals surface area contributed by atoms with Gasteiger partial charge in [0.15, 0.2) is 5.78 Å². The van der Waals surface area contributed by atoms with Crippen LogP contribution < -0.4 is 4.74 Å². The first kappa shape index (κ1) is 14.6. The lowest BCUT2D eigenvalue weighted by Crippen LogP contribution is -2.11. The van der Waals surface area contributed by atoms with Crippen LogP contribution in [0.15, 0.2) is 48.8 Å². The molecule has 21 heavy (non-hydrogen) atoms. The van der Waals surface area contributed by atoms with Gasteiger partial charge in [0.2, 0.25) is 0 Å². The van der Waals surface area contributed by atoms with Crippen molar-refractivity contribution in [3.8, 4) is 11.8 Å². The predicted octanol–water partition coefficient (Wildman–Crippen LogP) is 3.17. The first-order valence-electron chi connectivity index (χ1n) is 6.00. The molecule has 0 N–H and O–H groups in total. The van der Waals surface area contributed by atoms with E-state index in [9.17, 15) is 13.6 Å². The molecule has 0 saturated heterocycles. The molecule has 0 radical (unpaired) electrons. The summed E-state index contributed by atoms with van der Waals surface area (Å²) in [5.41, 5.74) is 0.727. The summed E-state index contributed by atoms with van der Waals surface area (Å²) in [5.74, 6) is -1.45. The van der Waals surface area contributed by atoms with Crippen molar-refractivity contribution in [2.24, 2.45) is 0 Å². The molecule has 0 fully saturated rings. The zero-order valence-electron chi connectivity index (χ0n) is 10.7. The number of nitriles is 1. The number of hydrogen-bond donors (Lipinski definition) is 0. The highest BCUT2D eigenvalue weighted by Gasteiger charge is 2.22. The Bertz CT molecular complexity index is 652. The molecule has 2 rings (SSSR count). The van der Waals surface area contributed by atoms with Gasteiger partial charge < -0.3 is 4.74 Å². The van der Waals surface area contributed by atoms with Crippen molar-refractivity contribution in [3.05, 3.63) is 59.9 Å². The molecule has 1 aromatic carbocycles. The monoisotopic (exact) mass is 288 g/mol. The average molecular weight is 288 g/mol. The summed E-state index contributed by atoms with van der Waals surface area (Å²) in [5, 5.41) is 9.16. The Morgan fingerprint density at radius 1 is 1.24 bits per heavy atom. The number of alkyl halides is 2. The first-order chi connectivity index (χ1) is 10.1. The molecule has 1 heterocycles.